The van der Waals surface area contributed by atoms with E-state index in [2.05, 4.69) is 10.6 Å². The Hall–Kier alpha value is -1.54. The summed E-state index contributed by atoms with van der Waals surface area (Å²) in [5.41, 5.74) is 0.253. The van der Waals surface area contributed by atoms with E-state index < -0.39 is 15.4 Å². The van der Waals surface area contributed by atoms with Crippen LogP contribution in [0.3, 0.4) is 0 Å². The van der Waals surface area contributed by atoms with E-state index in [0.717, 1.165) is 5.69 Å². The molecule has 22 heavy (non-hydrogen) atoms. The number of sulfone groups is 1. The van der Waals surface area contributed by atoms with Crippen molar-refractivity contribution in [3.8, 4) is 11.5 Å². The molecule has 1 aromatic rings. The minimum Gasteiger partial charge on any atom is -0.486 e. The number of hydrogen-bond donors (Lipinski definition) is 2. The van der Waals surface area contributed by atoms with Gasteiger partial charge in [-0.25, -0.2) is 8.42 Å². The van der Waals surface area contributed by atoms with Gasteiger partial charge in [0.25, 0.3) is 0 Å². The summed E-state index contributed by atoms with van der Waals surface area (Å²) in [7, 11) is -2.97. The highest BCUT2D eigenvalue weighted by atomic mass is 32.2. The van der Waals surface area contributed by atoms with E-state index >= 15 is 0 Å². The molecular weight excluding hydrogens is 324 g/mol. The number of hydrogen-bond acceptors (Lipinski definition) is 5. The number of benzene rings is 1. The molecular formula is C14H18N2O4S2. The molecule has 2 aliphatic rings. The molecule has 6 nitrogen and oxygen atoms in total. The Labute approximate surface area is 135 Å². The van der Waals surface area contributed by atoms with Crippen molar-refractivity contribution in [2.24, 2.45) is 0 Å². The lowest BCUT2D eigenvalue weighted by Gasteiger charge is -2.26. The van der Waals surface area contributed by atoms with Crippen molar-refractivity contribution in [3.63, 3.8) is 0 Å². The average molecular weight is 342 g/mol. The van der Waals surface area contributed by atoms with Gasteiger partial charge in [0.2, 0.25) is 0 Å². The molecule has 0 bridgehead atoms. The van der Waals surface area contributed by atoms with Gasteiger partial charge in [0.05, 0.1) is 17.0 Å². The van der Waals surface area contributed by atoms with Crippen LogP contribution in [0.4, 0.5) is 5.69 Å². The normalized spacial score (nSPS) is 25.5. The summed E-state index contributed by atoms with van der Waals surface area (Å²) in [5.74, 6) is 1.68. The third kappa shape index (κ3) is 3.44. The van der Waals surface area contributed by atoms with Gasteiger partial charge >= 0.3 is 0 Å². The Bertz CT molecular complexity index is 705. The Balaban J connectivity index is 1.65. The van der Waals surface area contributed by atoms with Gasteiger partial charge in [0.1, 0.15) is 13.2 Å². The molecule has 120 valence electrons. The van der Waals surface area contributed by atoms with Crippen molar-refractivity contribution >= 4 is 32.9 Å². The van der Waals surface area contributed by atoms with E-state index in [-0.39, 0.29) is 11.5 Å². The van der Waals surface area contributed by atoms with Crippen molar-refractivity contribution in [1.82, 2.24) is 5.32 Å². The highest BCUT2D eigenvalue weighted by molar-refractivity contribution is 7.91. The second-order valence-electron chi connectivity index (χ2n) is 5.84. The summed E-state index contributed by atoms with van der Waals surface area (Å²) in [6.07, 6.45) is 0.554. The Morgan fingerprint density at radius 3 is 2.68 bits per heavy atom. The molecule has 0 saturated carbocycles. The largest absolute Gasteiger partial charge is 0.486 e. The summed E-state index contributed by atoms with van der Waals surface area (Å²) >= 11 is 5.29. The highest BCUT2D eigenvalue weighted by Gasteiger charge is 2.38. The van der Waals surface area contributed by atoms with Crippen LogP contribution in [-0.4, -0.2) is 43.8 Å². The van der Waals surface area contributed by atoms with E-state index in [1.807, 2.05) is 25.1 Å². The number of nitrogens with one attached hydrogen (secondary N) is 2. The monoisotopic (exact) mass is 342 g/mol. The third-order valence-electron chi connectivity index (χ3n) is 3.72. The van der Waals surface area contributed by atoms with E-state index in [4.69, 9.17) is 21.7 Å². The van der Waals surface area contributed by atoms with Gasteiger partial charge in [-0.1, -0.05) is 0 Å². The lowest BCUT2D eigenvalue weighted by Crippen LogP contribution is -2.48. The lowest BCUT2D eigenvalue weighted by molar-refractivity contribution is 0.171. The Kier molecular flexibility index (Phi) is 3.90. The van der Waals surface area contributed by atoms with Crippen molar-refractivity contribution < 1.29 is 17.9 Å². The zero-order chi connectivity index (χ0) is 15.8. The predicted molar refractivity (Wildman–Crippen MR) is 88.5 cm³/mol. The van der Waals surface area contributed by atoms with Gasteiger partial charge in [0.15, 0.2) is 26.4 Å². The first-order valence-corrected chi connectivity index (χ1v) is 9.28. The Morgan fingerprint density at radius 2 is 2.00 bits per heavy atom. The van der Waals surface area contributed by atoms with Crippen LogP contribution in [0.2, 0.25) is 0 Å². The first kappa shape index (κ1) is 15.4. The van der Waals surface area contributed by atoms with Crippen LogP contribution in [0.15, 0.2) is 18.2 Å². The van der Waals surface area contributed by atoms with Gasteiger partial charge in [-0.05, 0) is 37.7 Å². The van der Waals surface area contributed by atoms with Crippen LogP contribution >= 0.6 is 12.2 Å². The van der Waals surface area contributed by atoms with Gasteiger partial charge in [-0.3, -0.25) is 0 Å². The molecule has 3 rings (SSSR count). The van der Waals surface area contributed by atoms with Gasteiger partial charge in [0, 0.05) is 11.8 Å². The fourth-order valence-corrected chi connectivity index (χ4v) is 5.12. The van der Waals surface area contributed by atoms with Gasteiger partial charge in [-0.15, -0.1) is 0 Å². The summed E-state index contributed by atoms with van der Waals surface area (Å²) < 4.78 is 34.2. The molecule has 1 saturated heterocycles. The molecule has 1 aromatic carbocycles. The molecule has 1 unspecified atom stereocenters. The van der Waals surface area contributed by atoms with Gasteiger partial charge < -0.3 is 20.1 Å². The van der Waals surface area contributed by atoms with Gasteiger partial charge in [-0.2, -0.15) is 0 Å². The van der Waals surface area contributed by atoms with Crippen molar-refractivity contribution in [2.45, 2.75) is 18.9 Å². The Morgan fingerprint density at radius 1 is 1.27 bits per heavy atom. The SMILES string of the molecule is CC1(NC(=S)Nc2ccc3c(c2)OCCO3)CCS(=O)(=O)C1. The van der Waals surface area contributed by atoms with E-state index in [1.54, 1.807) is 0 Å². The number of rotatable bonds is 2. The van der Waals surface area contributed by atoms with Crippen LogP contribution in [0.5, 0.6) is 11.5 Å². The fraction of sp³-hybridized carbons (Fsp3) is 0.500. The number of anilines is 1. The molecule has 0 radical (unpaired) electrons. The first-order valence-electron chi connectivity index (χ1n) is 7.05. The van der Waals surface area contributed by atoms with Crippen LogP contribution in [0.1, 0.15) is 13.3 Å². The number of fused-ring (bicyclic) bond motifs is 1. The minimum absolute atomic E-state index is 0.100. The van der Waals surface area contributed by atoms with Crippen LogP contribution < -0.4 is 20.1 Å². The molecule has 0 spiro atoms. The molecule has 2 heterocycles. The summed E-state index contributed by atoms with van der Waals surface area (Å²) in [6, 6.07) is 5.48. The molecule has 2 aliphatic heterocycles. The first-order chi connectivity index (χ1) is 10.4. The van der Waals surface area contributed by atoms with Crippen LogP contribution in [-0.2, 0) is 9.84 Å². The molecule has 0 amide bonds. The molecule has 0 aliphatic carbocycles. The zero-order valence-electron chi connectivity index (χ0n) is 12.2. The standard InChI is InChI=1S/C14H18N2O4S2/c1-14(4-7-22(17,18)9-14)16-13(21)15-10-2-3-11-12(8-10)20-6-5-19-11/h2-3,8H,4-7,9H2,1H3,(H2,15,16,21). The van der Waals surface area contributed by atoms with Crippen molar-refractivity contribution in [1.29, 1.82) is 0 Å². The number of thiocarbonyl (C=S) groups is 1. The zero-order valence-corrected chi connectivity index (χ0v) is 13.9. The van der Waals surface area contributed by atoms with Crippen molar-refractivity contribution in [2.75, 3.05) is 30.0 Å². The molecule has 8 heteroatoms. The molecule has 1 fully saturated rings. The van der Waals surface area contributed by atoms with E-state index in [1.165, 1.54) is 0 Å². The maximum atomic E-state index is 11.6. The smallest absolute Gasteiger partial charge is 0.171 e. The second kappa shape index (κ2) is 5.58. The third-order valence-corrected chi connectivity index (χ3v) is 5.83. The summed E-state index contributed by atoms with van der Waals surface area (Å²) in [5, 5.41) is 6.57. The van der Waals surface area contributed by atoms with E-state index in [9.17, 15) is 8.42 Å². The minimum atomic E-state index is -2.97. The topological polar surface area (TPSA) is 76.7 Å². The summed E-state index contributed by atoms with van der Waals surface area (Å²) in [6.45, 7) is 2.94. The summed E-state index contributed by atoms with van der Waals surface area (Å²) in [4.78, 5) is 0. The van der Waals surface area contributed by atoms with E-state index in [0.29, 0.717) is 36.2 Å². The second-order valence-corrected chi connectivity index (χ2v) is 8.43. The fourth-order valence-electron chi connectivity index (χ4n) is 2.67. The van der Waals surface area contributed by atoms with Crippen LogP contribution in [0.25, 0.3) is 0 Å². The maximum Gasteiger partial charge on any atom is 0.171 e. The average Bonchev–Trinajstić information content (AvgIpc) is 2.72. The maximum absolute atomic E-state index is 11.6. The highest BCUT2D eigenvalue weighted by Crippen LogP contribution is 2.32. The van der Waals surface area contributed by atoms with Crippen LogP contribution in [0, 0.1) is 0 Å². The predicted octanol–water partition coefficient (Wildman–Crippen LogP) is 1.32. The quantitative estimate of drug-likeness (QED) is 0.785. The number of ether oxygens (including phenoxy) is 2. The molecule has 0 aromatic heterocycles. The lowest BCUT2D eigenvalue weighted by atomic mass is 10.0. The van der Waals surface area contributed by atoms with Crippen molar-refractivity contribution in [3.05, 3.63) is 18.2 Å². The molecule has 1 atom stereocenters. The molecule has 2 N–H and O–H groups in total.